The van der Waals surface area contributed by atoms with Crippen LogP contribution in [0.25, 0.3) is 21.4 Å². The van der Waals surface area contributed by atoms with Crippen LogP contribution in [-0.2, 0) is 24.9 Å². The Labute approximate surface area is 231 Å². The Morgan fingerprint density at radius 1 is 1.30 bits per heavy atom. The van der Waals surface area contributed by atoms with Gasteiger partial charge in [0.2, 0.25) is 5.95 Å². The third-order valence-electron chi connectivity index (χ3n) is 6.86. The number of nitrogens with one attached hydrogen (secondary N) is 1. The predicted molar refractivity (Wildman–Crippen MR) is 148 cm³/mol. The van der Waals surface area contributed by atoms with Gasteiger partial charge >= 0.3 is 5.69 Å². The molecule has 1 fully saturated rings. The van der Waals surface area contributed by atoms with E-state index in [1.165, 1.54) is 29.0 Å². The molecule has 4 aromatic rings. The summed E-state index contributed by atoms with van der Waals surface area (Å²) in [7, 11) is 1.53. The van der Waals surface area contributed by atoms with Gasteiger partial charge in [0, 0.05) is 26.2 Å². The van der Waals surface area contributed by atoms with Gasteiger partial charge in [-0.05, 0) is 31.9 Å². The maximum atomic E-state index is 14.2. The van der Waals surface area contributed by atoms with E-state index in [1.807, 2.05) is 4.90 Å². The Morgan fingerprint density at radius 3 is 2.83 bits per heavy atom. The summed E-state index contributed by atoms with van der Waals surface area (Å²) in [5, 5.41) is 21.9. The van der Waals surface area contributed by atoms with Crippen LogP contribution in [0.3, 0.4) is 0 Å². The third kappa shape index (κ3) is 4.99. The van der Waals surface area contributed by atoms with Gasteiger partial charge in [-0.1, -0.05) is 12.0 Å². The molecule has 3 aromatic heterocycles. The average molecular weight is 570 g/mol. The second-order valence-corrected chi connectivity index (χ2v) is 10.6. The summed E-state index contributed by atoms with van der Waals surface area (Å²) in [6, 6.07) is 4.29. The molecular formula is C26H28FN7O5S. The van der Waals surface area contributed by atoms with Gasteiger partial charge in [0.05, 0.1) is 24.4 Å². The van der Waals surface area contributed by atoms with Crippen LogP contribution in [0, 0.1) is 17.7 Å². The van der Waals surface area contributed by atoms with Gasteiger partial charge in [0.15, 0.2) is 17.3 Å². The fraction of sp³-hybridized carbons (Fsp3) is 0.423. The number of hydrogen-bond donors (Lipinski definition) is 3. The smallest absolute Gasteiger partial charge is 0.332 e. The zero-order valence-corrected chi connectivity index (χ0v) is 22.7. The highest BCUT2D eigenvalue weighted by Gasteiger charge is 2.29. The largest absolute Gasteiger partial charge is 0.393 e. The summed E-state index contributed by atoms with van der Waals surface area (Å²) in [5.74, 6) is 5.08. The number of piperidine rings is 1. The molecule has 1 amide bonds. The number of imidazole rings is 1. The highest BCUT2D eigenvalue weighted by Crippen LogP contribution is 2.26. The molecule has 40 heavy (non-hydrogen) atoms. The highest BCUT2D eigenvalue weighted by molar-refractivity contribution is 7.18. The van der Waals surface area contributed by atoms with E-state index in [0.29, 0.717) is 41.6 Å². The van der Waals surface area contributed by atoms with Crippen LogP contribution in [-0.4, -0.2) is 71.6 Å². The minimum atomic E-state index is -1.51. The predicted octanol–water partition coefficient (Wildman–Crippen LogP) is 0.155. The number of nitrogens with zero attached hydrogens (tertiary/aromatic N) is 6. The fourth-order valence-corrected chi connectivity index (χ4v) is 5.84. The van der Waals surface area contributed by atoms with Crippen LogP contribution in [0.2, 0.25) is 0 Å². The molecule has 0 saturated carbocycles. The van der Waals surface area contributed by atoms with Crippen molar-refractivity contribution in [1.82, 2.24) is 29.0 Å². The van der Waals surface area contributed by atoms with Gasteiger partial charge in [-0.2, -0.15) is 4.98 Å². The maximum absolute atomic E-state index is 14.2. The molecule has 12 nitrogen and oxygen atoms in total. The molecule has 0 bridgehead atoms. The van der Waals surface area contributed by atoms with Crippen LogP contribution >= 0.6 is 11.3 Å². The molecule has 0 radical (unpaired) electrons. The number of aromatic nitrogens is 5. The summed E-state index contributed by atoms with van der Waals surface area (Å²) in [4.78, 5) is 50.1. The number of amides is 1. The van der Waals surface area contributed by atoms with Crippen molar-refractivity contribution in [2.75, 3.05) is 24.6 Å². The Kier molecular flexibility index (Phi) is 7.70. The molecule has 1 aliphatic rings. The number of fused-ring (bicyclic) bond motifs is 2. The standard InChI is InChI=1S/C26H28FN7O5S/c1-3-4-11-33-21-22(30-25(33)32-10-6-7-15(12-32)28-23(37)17(36)14-35)31(2)26(39)34(24(21)38)13-19-29-20-16(27)8-5-9-18(20)40-19/h5,8-9,15,17,35-36H,6-7,10-14H2,1-2H3,(H,28,37)/t15-,17?/m1/s1. The average Bonchev–Trinajstić information content (AvgIpc) is 3.55. The summed E-state index contributed by atoms with van der Waals surface area (Å²) in [5.41, 5.74) is -0.582. The monoisotopic (exact) mass is 569 g/mol. The maximum Gasteiger partial charge on any atom is 0.332 e. The lowest BCUT2D eigenvalue weighted by Crippen LogP contribution is -2.51. The number of anilines is 1. The van der Waals surface area contributed by atoms with Gasteiger partial charge < -0.3 is 20.4 Å². The van der Waals surface area contributed by atoms with Crippen LogP contribution in [0.15, 0.2) is 27.8 Å². The topological polar surface area (TPSA) is 148 Å². The van der Waals surface area contributed by atoms with Crippen LogP contribution in [0.5, 0.6) is 0 Å². The second-order valence-electron chi connectivity index (χ2n) is 9.52. The first-order chi connectivity index (χ1) is 19.2. The second kappa shape index (κ2) is 11.2. The van der Waals surface area contributed by atoms with Crippen molar-refractivity contribution < 1.29 is 19.4 Å². The Bertz CT molecular complexity index is 1780. The highest BCUT2D eigenvalue weighted by atomic mass is 32.1. The lowest BCUT2D eigenvalue weighted by Gasteiger charge is -2.34. The first-order valence-corrected chi connectivity index (χ1v) is 13.5. The van der Waals surface area contributed by atoms with Crippen molar-refractivity contribution in [3.8, 4) is 11.8 Å². The molecule has 1 unspecified atom stereocenters. The third-order valence-corrected chi connectivity index (χ3v) is 7.87. The van der Waals surface area contributed by atoms with E-state index < -0.39 is 35.7 Å². The van der Waals surface area contributed by atoms with Crippen LogP contribution < -0.4 is 21.5 Å². The summed E-state index contributed by atoms with van der Waals surface area (Å²) < 4.78 is 18.8. The molecule has 4 heterocycles. The Hall–Kier alpha value is -4.06. The van der Waals surface area contributed by atoms with Crippen LogP contribution in [0.1, 0.15) is 24.8 Å². The van der Waals surface area contributed by atoms with E-state index in [-0.39, 0.29) is 35.8 Å². The molecule has 210 valence electrons. The molecule has 1 saturated heterocycles. The lowest BCUT2D eigenvalue weighted by molar-refractivity contribution is -0.131. The van der Waals surface area contributed by atoms with E-state index in [4.69, 9.17) is 5.11 Å². The molecule has 5 rings (SSSR count). The van der Waals surface area contributed by atoms with Gasteiger partial charge in [-0.3, -0.25) is 23.3 Å². The number of aliphatic hydroxyl groups excluding tert-OH is 2. The molecule has 0 spiro atoms. The van der Waals surface area contributed by atoms with Gasteiger partial charge in [0.1, 0.15) is 16.3 Å². The van der Waals surface area contributed by atoms with Crippen molar-refractivity contribution in [1.29, 1.82) is 0 Å². The quantitative estimate of drug-likeness (QED) is 0.267. The molecule has 1 aliphatic heterocycles. The minimum Gasteiger partial charge on any atom is -0.393 e. The molecule has 0 aliphatic carbocycles. The Morgan fingerprint density at radius 2 is 2.10 bits per heavy atom. The normalized spacial score (nSPS) is 16.2. The number of thiazole rings is 1. The van der Waals surface area contributed by atoms with Crippen molar-refractivity contribution in [3.63, 3.8) is 0 Å². The van der Waals surface area contributed by atoms with Crippen molar-refractivity contribution in [2.24, 2.45) is 7.05 Å². The van der Waals surface area contributed by atoms with Crippen molar-refractivity contribution in [2.45, 2.75) is 45.0 Å². The van der Waals surface area contributed by atoms with Crippen molar-refractivity contribution in [3.05, 3.63) is 49.9 Å². The molecular weight excluding hydrogens is 541 g/mol. The number of aryl methyl sites for hydroxylation is 1. The summed E-state index contributed by atoms with van der Waals surface area (Å²) >= 11 is 1.21. The molecule has 2 atom stereocenters. The van der Waals surface area contributed by atoms with Gasteiger partial charge in [-0.25, -0.2) is 14.2 Å². The lowest BCUT2D eigenvalue weighted by atomic mass is 10.1. The summed E-state index contributed by atoms with van der Waals surface area (Å²) in [6.45, 7) is 1.92. The molecule has 1 aromatic carbocycles. The number of carbonyl (C=O) groups excluding carboxylic acids is 1. The minimum absolute atomic E-state index is 0.134. The van der Waals surface area contributed by atoms with Gasteiger partial charge in [0.25, 0.3) is 11.5 Å². The number of carbonyl (C=O) groups is 1. The van der Waals surface area contributed by atoms with E-state index in [1.54, 1.807) is 23.6 Å². The number of aliphatic hydroxyl groups is 2. The Balaban J connectivity index is 1.57. The zero-order valence-electron chi connectivity index (χ0n) is 21.9. The number of halogens is 1. The fourth-order valence-electron chi connectivity index (χ4n) is 4.87. The number of para-hydroxylation sites is 1. The van der Waals surface area contributed by atoms with Crippen molar-refractivity contribution >= 4 is 44.6 Å². The number of hydrogen-bond acceptors (Lipinski definition) is 9. The molecule has 3 N–H and O–H groups in total. The van der Waals surface area contributed by atoms with E-state index in [9.17, 15) is 23.9 Å². The SMILES string of the molecule is CC#CCn1c(N2CCC[C@@H](NC(=O)C(O)CO)C2)nc2c1c(=O)n(Cc1nc3c(F)cccc3s1)c(=O)n2C. The van der Waals surface area contributed by atoms with Crippen LogP contribution in [0.4, 0.5) is 10.3 Å². The van der Waals surface area contributed by atoms with Gasteiger partial charge in [-0.15, -0.1) is 17.3 Å². The first kappa shape index (κ1) is 27.5. The molecule has 14 heteroatoms. The summed E-state index contributed by atoms with van der Waals surface area (Å²) in [6.07, 6.45) is -0.163. The number of rotatable bonds is 7. The van der Waals surface area contributed by atoms with E-state index in [0.717, 1.165) is 4.57 Å². The zero-order chi connectivity index (χ0) is 28.6. The van der Waals surface area contributed by atoms with E-state index in [2.05, 4.69) is 27.1 Å². The van der Waals surface area contributed by atoms with E-state index >= 15 is 0 Å². The number of benzene rings is 1. The first-order valence-electron chi connectivity index (χ1n) is 12.7.